The fraction of sp³-hybridized carbons (Fsp3) is 0.455. The fourth-order valence-electron chi connectivity index (χ4n) is 1.23. The van der Waals surface area contributed by atoms with Gasteiger partial charge < -0.3 is 15.6 Å². The molecular weight excluding hydrogens is 178 g/mol. The standard InChI is InChI=1S/C11H17NO2/c1-3-14-10-6-4-9(5-7-10)11(13)8(2)12/h4-8,11,13H,3,12H2,1-2H3/t8-,11-/m0/s1. The second-order valence-corrected chi connectivity index (χ2v) is 3.31. The maximum Gasteiger partial charge on any atom is 0.119 e. The summed E-state index contributed by atoms with van der Waals surface area (Å²) in [4.78, 5) is 0. The minimum atomic E-state index is -0.606. The number of rotatable bonds is 4. The number of aliphatic hydroxyl groups is 1. The van der Waals surface area contributed by atoms with Crippen molar-refractivity contribution in [2.75, 3.05) is 6.61 Å². The summed E-state index contributed by atoms with van der Waals surface area (Å²) >= 11 is 0. The molecule has 0 aliphatic rings. The molecule has 14 heavy (non-hydrogen) atoms. The molecule has 0 amide bonds. The van der Waals surface area contributed by atoms with E-state index in [1.807, 2.05) is 31.2 Å². The van der Waals surface area contributed by atoms with Crippen LogP contribution in [0.3, 0.4) is 0 Å². The third kappa shape index (κ3) is 2.72. The van der Waals surface area contributed by atoms with E-state index in [0.29, 0.717) is 6.61 Å². The molecule has 3 heteroatoms. The summed E-state index contributed by atoms with van der Waals surface area (Å²) in [6.45, 7) is 4.36. The molecule has 1 rings (SSSR count). The Bertz CT molecular complexity index is 269. The molecule has 0 saturated carbocycles. The van der Waals surface area contributed by atoms with Crippen LogP contribution in [0, 0.1) is 0 Å². The minimum absolute atomic E-state index is 0.257. The van der Waals surface area contributed by atoms with Crippen molar-refractivity contribution >= 4 is 0 Å². The van der Waals surface area contributed by atoms with Crippen molar-refractivity contribution in [1.82, 2.24) is 0 Å². The molecular formula is C11H17NO2. The van der Waals surface area contributed by atoms with Crippen LogP contribution in [0.1, 0.15) is 25.5 Å². The van der Waals surface area contributed by atoms with Crippen LogP contribution >= 0.6 is 0 Å². The van der Waals surface area contributed by atoms with Crippen LogP contribution in [0.5, 0.6) is 5.75 Å². The van der Waals surface area contributed by atoms with Crippen molar-refractivity contribution in [3.05, 3.63) is 29.8 Å². The first-order chi connectivity index (χ1) is 6.65. The maximum absolute atomic E-state index is 9.65. The molecule has 3 nitrogen and oxygen atoms in total. The summed E-state index contributed by atoms with van der Waals surface area (Å²) < 4.78 is 5.29. The molecule has 0 aromatic heterocycles. The summed E-state index contributed by atoms with van der Waals surface area (Å²) in [5.74, 6) is 0.813. The highest BCUT2D eigenvalue weighted by Crippen LogP contribution is 2.19. The molecule has 1 aromatic carbocycles. The van der Waals surface area contributed by atoms with E-state index in [2.05, 4.69) is 0 Å². The summed E-state index contributed by atoms with van der Waals surface area (Å²) in [6, 6.07) is 7.08. The van der Waals surface area contributed by atoms with Gasteiger partial charge in [0.2, 0.25) is 0 Å². The van der Waals surface area contributed by atoms with Gasteiger partial charge in [0.1, 0.15) is 5.75 Å². The van der Waals surface area contributed by atoms with Crippen molar-refractivity contribution in [2.45, 2.75) is 26.0 Å². The maximum atomic E-state index is 9.65. The molecule has 0 heterocycles. The SMILES string of the molecule is CCOc1ccc([C@@H](O)[C@H](C)N)cc1. The Kier molecular flexibility index (Phi) is 3.92. The Morgan fingerprint density at radius 2 is 1.93 bits per heavy atom. The number of benzene rings is 1. The van der Waals surface area contributed by atoms with E-state index in [1.165, 1.54) is 0 Å². The molecule has 0 aliphatic heterocycles. The number of hydrogen-bond donors (Lipinski definition) is 2. The van der Waals surface area contributed by atoms with E-state index >= 15 is 0 Å². The minimum Gasteiger partial charge on any atom is -0.494 e. The first-order valence-electron chi connectivity index (χ1n) is 4.81. The normalized spacial score (nSPS) is 14.9. The molecule has 0 aliphatic carbocycles. The van der Waals surface area contributed by atoms with Gasteiger partial charge in [-0.2, -0.15) is 0 Å². The van der Waals surface area contributed by atoms with Gasteiger partial charge in [0, 0.05) is 6.04 Å². The molecule has 3 N–H and O–H groups in total. The number of ether oxygens (including phenoxy) is 1. The Morgan fingerprint density at radius 1 is 1.36 bits per heavy atom. The molecule has 0 spiro atoms. The van der Waals surface area contributed by atoms with Gasteiger partial charge in [-0.15, -0.1) is 0 Å². The van der Waals surface area contributed by atoms with Crippen LogP contribution in [-0.4, -0.2) is 17.8 Å². The van der Waals surface area contributed by atoms with E-state index in [4.69, 9.17) is 10.5 Å². The zero-order chi connectivity index (χ0) is 10.6. The van der Waals surface area contributed by atoms with Gasteiger partial charge in [-0.25, -0.2) is 0 Å². The lowest BCUT2D eigenvalue weighted by Crippen LogP contribution is -2.24. The van der Waals surface area contributed by atoms with Crippen molar-refractivity contribution in [2.24, 2.45) is 5.73 Å². The lowest BCUT2D eigenvalue weighted by molar-refractivity contribution is 0.153. The second kappa shape index (κ2) is 4.98. The topological polar surface area (TPSA) is 55.5 Å². The van der Waals surface area contributed by atoms with E-state index < -0.39 is 6.10 Å². The zero-order valence-corrected chi connectivity index (χ0v) is 8.60. The van der Waals surface area contributed by atoms with Gasteiger partial charge in [0.25, 0.3) is 0 Å². The second-order valence-electron chi connectivity index (χ2n) is 3.31. The highest BCUT2D eigenvalue weighted by atomic mass is 16.5. The molecule has 1 aromatic rings. The Balaban J connectivity index is 2.72. The predicted octanol–water partition coefficient (Wildman–Crippen LogP) is 1.47. The summed E-state index contributed by atoms with van der Waals surface area (Å²) in [5.41, 5.74) is 6.41. The monoisotopic (exact) mass is 195 g/mol. The lowest BCUT2D eigenvalue weighted by Gasteiger charge is -2.15. The largest absolute Gasteiger partial charge is 0.494 e. The van der Waals surface area contributed by atoms with Crippen molar-refractivity contribution in [1.29, 1.82) is 0 Å². The van der Waals surface area contributed by atoms with Gasteiger partial charge in [-0.05, 0) is 31.5 Å². The molecule has 0 unspecified atom stereocenters. The van der Waals surface area contributed by atoms with Crippen molar-refractivity contribution < 1.29 is 9.84 Å². The van der Waals surface area contributed by atoms with Crippen LogP contribution in [0.25, 0.3) is 0 Å². The van der Waals surface area contributed by atoms with Gasteiger partial charge in [0.15, 0.2) is 0 Å². The van der Waals surface area contributed by atoms with E-state index in [1.54, 1.807) is 6.92 Å². The highest BCUT2D eigenvalue weighted by molar-refractivity contribution is 5.28. The Morgan fingerprint density at radius 3 is 2.36 bits per heavy atom. The first kappa shape index (κ1) is 11.0. The molecule has 0 fully saturated rings. The predicted molar refractivity (Wildman–Crippen MR) is 56.2 cm³/mol. The number of nitrogens with two attached hydrogens (primary N) is 1. The van der Waals surface area contributed by atoms with Gasteiger partial charge in [-0.1, -0.05) is 12.1 Å². The molecule has 78 valence electrons. The smallest absolute Gasteiger partial charge is 0.119 e. The van der Waals surface area contributed by atoms with Crippen LogP contribution in [0.4, 0.5) is 0 Å². The molecule has 0 bridgehead atoms. The summed E-state index contributed by atoms with van der Waals surface area (Å²) in [7, 11) is 0. The Labute approximate surface area is 84.5 Å². The van der Waals surface area contributed by atoms with Gasteiger partial charge in [-0.3, -0.25) is 0 Å². The van der Waals surface area contributed by atoms with Gasteiger partial charge in [0.05, 0.1) is 12.7 Å². The molecule has 0 radical (unpaired) electrons. The lowest BCUT2D eigenvalue weighted by atomic mass is 10.0. The average Bonchev–Trinajstić information content (AvgIpc) is 2.18. The van der Waals surface area contributed by atoms with Gasteiger partial charge >= 0.3 is 0 Å². The van der Waals surface area contributed by atoms with Crippen molar-refractivity contribution in [3.8, 4) is 5.75 Å². The van der Waals surface area contributed by atoms with E-state index in [0.717, 1.165) is 11.3 Å². The third-order valence-corrected chi connectivity index (χ3v) is 2.03. The summed E-state index contributed by atoms with van der Waals surface area (Å²) in [5, 5.41) is 9.65. The molecule has 0 saturated heterocycles. The Hall–Kier alpha value is -1.06. The van der Waals surface area contributed by atoms with Crippen LogP contribution in [0.2, 0.25) is 0 Å². The highest BCUT2D eigenvalue weighted by Gasteiger charge is 2.11. The van der Waals surface area contributed by atoms with Crippen molar-refractivity contribution in [3.63, 3.8) is 0 Å². The molecule has 2 atom stereocenters. The first-order valence-corrected chi connectivity index (χ1v) is 4.81. The van der Waals surface area contributed by atoms with E-state index in [-0.39, 0.29) is 6.04 Å². The average molecular weight is 195 g/mol. The van der Waals surface area contributed by atoms with Crippen LogP contribution in [-0.2, 0) is 0 Å². The number of aliphatic hydroxyl groups excluding tert-OH is 1. The quantitative estimate of drug-likeness (QED) is 0.764. The number of hydrogen-bond acceptors (Lipinski definition) is 3. The fourth-order valence-corrected chi connectivity index (χ4v) is 1.23. The zero-order valence-electron chi connectivity index (χ0n) is 8.60. The summed E-state index contributed by atoms with van der Waals surface area (Å²) in [6.07, 6.45) is -0.606. The van der Waals surface area contributed by atoms with Crippen LogP contribution < -0.4 is 10.5 Å². The van der Waals surface area contributed by atoms with E-state index in [9.17, 15) is 5.11 Å². The van der Waals surface area contributed by atoms with Crippen LogP contribution in [0.15, 0.2) is 24.3 Å². The third-order valence-electron chi connectivity index (χ3n) is 2.03.